The standard InChI is InChI=1S/C16H25NO3/c1-12-8-13(2)16(14(3)9-12)20-11-15(18)10-17-4-6-19-7-5-17/h8-9,15,18H,4-7,10-11H2,1-3H3. The Morgan fingerprint density at radius 2 is 1.80 bits per heavy atom. The predicted molar refractivity (Wildman–Crippen MR) is 79.4 cm³/mol. The maximum Gasteiger partial charge on any atom is 0.125 e. The fraction of sp³-hybridized carbons (Fsp3) is 0.625. The Morgan fingerprint density at radius 3 is 2.40 bits per heavy atom. The second-order valence-corrected chi connectivity index (χ2v) is 5.61. The van der Waals surface area contributed by atoms with Crippen molar-refractivity contribution in [3.8, 4) is 5.75 Å². The van der Waals surface area contributed by atoms with E-state index < -0.39 is 6.10 Å². The second-order valence-electron chi connectivity index (χ2n) is 5.61. The summed E-state index contributed by atoms with van der Waals surface area (Å²) in [6.45, 7) is 10.4. The molecular formula is C16H25NO3. The molecule has 20 heavy (non-hydrogen) atoms. The van der Waals surface area contributed by atoms with Gasteiger partial charge in [-0.3, -0.25) is 4.90 Å². The van der Waals surface area contributed by atoms with Gasteiger partial charge in [-0.25, -0.2) is 0 Å². The summed E-state index contributed by atoms with van der Waals surface area (Å²) in [5.74, 6) is 0.900. The van der Waals surface area contributed by atoms with E-state index in [0.717, 1.165) is 43.2 Å². The van der Waals surface area contributed by atoms with E-state index >= 15 is 0 Å². The van der Waals surface area contributed by atoms with Gasteiger partial charge in [0.1, 0.15) is 18.5 Å². The number of morpholine rings is 1. The van der Waals surface area contributed by atoms with E-state index in [-0.39, 0.29) is 0 Å². The molecule has 1 unspecified atom stereocenters. The van der Waals surface area contributed by atoms with E-state index in [1.807, 2.05) is 13.8 Å². The summed E-state index contributed by atoms with van der Waals surface area (Å²) in [5.41, 5.74) is 3.49. The van der Waals surface area contributed by atoms with Gasteiger partial charge in [-0.1, -0.05) is 17.7 Å². The molecule has 1 fully saturated rings. The lowest BCUT2D eigenvalue weighted by atomic mass is 10.1. The molecule has 1 N–H and O–H groups in total. The van der Waals surface area contributed by atoms with Crippen molar-refractivity contribution in [2.24, 2.45) is 0 Å². The van der Waals surface area contributed by atoms with Gasteiger partial charge in [0, 0.05) is 19.6 Å². The van der Waals surface area contributed by atoms with Crippen LogP contribution in [0.2, 0.25) is 0 Å². The quantitative estimate of drug-likeness (QED) is 0.890. The van der Waals surface area contributed by atoms with Crippen LogP contribution in [0.15, 0.2) is 12.1 Å². The van der Waals surface area contributed by atoms with Crippen LogP contribution < -0.4 is 4.74 Å². The van der Waals surface area contributed by atoms with Gasteiger partial charge >= 0.3 is 0 Å². The molecule has 4 nitrogen and oxygen atoms in total. The Labute approximate surface area is 121 Å². The third kappa shape index (κ3) is 4.20. The molecule has 112 valence electrons. The molecule has 1 aromatic rings. The summed E-state index contributed by atoms with van der Waals surface area (Å²) in [6, 6.07) is 4.22. The highest BCUT2D eigenvalue weighted by Gasteiger charge is 2.16. The van der Waals surface area contributed by atoms with Crippen molar-refractivity contribution in [1.82, 2.24) is 4.90 Å². The molecule has 1 heterocycles. The first-order valence-electron chi connectivity index (χ1n) is 7.25. The van der Waals surface area contributed by atoms with Crippen molar-refractivity contribution in [3.05, 3.63) is 28.8 Å². The van der Waals surface area contributed by atoms with Crippen LogP contribution in [0.25, 0.3) is 0 Å². The zero-order valence-electron chi connectivity index (χ0n) is 12.7. The van der Waals surface area contributed by atoms with Gasteiger partial charge in [-0.2, -0.15) is 0 Å². The molecule has 0 aliphatic carbocycles. The first-order chi connectivity index (χ1) is 9.56. The van der Waals surface area contributed by atoms with Gasteiger partial charge in [0.25, 0.3) is 0 Å². The smallest absolute Gasteiger partial charge is 0.125 e. The summed E-state index contributed by atoms with van der Waals surface area (Å²) in [5, 5.41) is 10.1. The van der Waals surface area contributed by atoms with Crippen molar-refractivity contribution >= 4 is 0 Å². The number of aliphatic hydroxyl groups excluding tert-OH is 1. The second kappa shape index (κ2) is 7.07. The van der Waals surface area contributed by atoms with E-state index in [1.54, 1.807) is 0 Å². The van der Waals surface area contributed by atoms with Crippen LogP contribution in [0.3, 0.4) is 0 Å². The maximum atomic E-state index is 10.1. The molecule has 0 spiro atoms. The van der Waals surface area contributed by atoms with Crippen molar-refractivity contribution in [2.45, 2.75) is 26.9 Å². The number of nitrogens with zero attached hydrogens (tertiary/aromatic N) is 1. The van der Waals surface area contributed by atoms with Crippen molar-refractivity contribution in [3.63, 3.8) is 0 Å². The normalized spacial score (nSPS) is 18.0. The van der Waals surface area contributed by atoms with Crippen LogP contribution in [0.4, 0.5) is 0 Å². The number of hydrogen-bond acceptors (Lipinski definition) is 4. The number of aliphatic hydroxyl groups is 1. The third-order valence-electron chi connectivity index (χ3n) is 3.60. The molecule has 0 bridgehead atoms. The maximum absolute atomic E-state index is 10.1. The average molecular weight is 279 g/mol. The summed E-state index contributed by atoms with van der Waals surface area (Å²) in [6.07, 6.45) is -0.465. The monoisotopic (exact) mass is 279 g/mol. The van der Waals surface area contributed by atoms with Gasteiger partial charge < -0.3 is 14.6 Å². The van der Waals surface area contributed by atoms with E-state index in [9.17, 15) is 5.11 Å². The van der Waals surface area contributed by atoms with Gasteiger partial charge in [0.15, 0.2) is 0 Å². The molecule has 0 amide bonds. The SMILES string of the molecule is Cc1cc(C)c(OCC(O)CN2CCOCC2)c(C)c1. The Balaban J connectivity index is 1.85. The largest absolute Gasteiger partial charge is 0.490 e. The number of ether oxygens (including phenoxy) is 2. The van der Waals surface area contributed by atoms with Gasteiger partial charge in [-0.15, -0.1) is 0 Å². The topological polar surface area (TPSA) is 41.9 Å². The number of β-amino-alcohol motifs (C(OH)–C–C–N with tert-alkyl or cyclic N) is 1. The van der Waals surface area contributed by atoms with Crippen LogP contribution in [0.5, 0.6) is 5.75 Å². The van der Waals surface area contributed by atoms with Crippen molar-refractivity contribution < 1.29 is 14.6 Å². The average Bonchev–Trinajstić information content (AvgIpc) is 2.38. The molecule has 1 aromatic carbocycles. The summed E-state index contributed by atoms with van der Waals surface area (Å²) >= 11 is 0. The first kappa shape index (κ1) is 15.3. The first-order valence-corrected chi connectivity index (χ1v) is 7.25. The highest BCUT2D eigenvalue weighted by Crippen LogP contribution is 2.24. The number of hydrogen-bond donors (Lipinski definition) is 1. The van der Waals surface area contributed by atoms with Crippen LogP contribution in [-0.2, 0) is 4.74 Å². The van der Waals surface area contributed by atoms with Crippen LogP contribution in [0.1, 0.15) is 16.7 Å². The molecule has 1 atom stereocenters. The van der Waals surface area contributed by atoms with Crippen LogP contribution >= 0.6 is 0 Å². The fourth-order valence-corrected chi connectivity index (χ4v) is 2.71. The predicted octanol–water partition coefficient (Wildman–Crippen LogP) is 1.68. The Kier molecular flexibility index (Phi) is 5.40. The molecule has 1 aliphatic heterocycles. The van der Waals surface area contributed by atoms with Gasteiger partial charge in [0.05, 0.1) is 13.2 Å². The molecule has 1 saturated heterocycles. The van der Waals surface area contributed by atoms with E-state index in [4.69, 9.17) is 9.47 Å². The summed E-state index contributed by atoms with van der Waals surface area (Å²) < 4.78 is 11.1. The minimum atomic E-state index is -0.465. The molecule has 2 rings (SSSR count). The Morgan fingerprint density at radius 1 is 1.20 bits per heavy atom. The van der Waals surface area contributed by atoms with Crippen LogP contribution in [0, 0.1) is 20.8 Å². The summed E-state index contributed by atoms with van der Waals surface area (Å²) in [7, 11) is 0. The van der Waals surface area contributed by atoms with Gasteiger partial charge in [0.2, 0.25) is 0 Å². The third-order valence-corrected chi connectivity index (χ3v) is 3.60. The van der Waals surface area contributed by atoms with E-state index in [1.165, 1.54) is 5.56 Å². The molecular weight excluding hydrogens is 254 g/mol. The highest BCUT2D eigenvalue weighted by atomic mass is 16.5. The van der Waals surface area contributed by atoms with Crippen molar-refractivity contribution in [1.29, 1.82) is 0 Å². The minimum absolute atomic E-state index is 0.335. The fourth-order valence-electron chi connectivity index (χ4n) is 2.71. The van der Waals surface area contributed by atoms with Crippen LogP contribution in [-0.4, -0.2) is 55.6 Å². The van der Waals surface area contributed by atoms with E-state index in [0.29, 0.717) is 13.2 Å². The molecule has 0 saturated carbocycles. The number of rotatable bonds is 5. The molecule has 0 aromatic heterocycles. The lowest BCUT2D eigenvalue weighted by Crippen LogP contribution is -2.42. The molecule has 4 heteroatoms. The highest BCUT2D eigenvalue weighted by molar-refractivity contribution is 5.42. The lowest BCUT2D eigenvalue weighted by Gasteiger charge is -2.28. The zero-order chi connectivity index (χ0) is 14.5. The molecule has 0 radical (unpaired) electrons. The van der Waals surface area contributed by atoms with Gasteiger partial charge in [-0.05, 0) is 31.9 Å². The Hall–Kier alpha value is -1.10. The Bertz CT molecular complexity index is 418. The molecule has 1 aliphatic rings. The lowest BCUT2D eigenvalue weighted by molar-refractivity contribution is 0.00454. The number of aryl methyl sites for hydroxylation is 3. The zero-order valence-corrected chi connectivity index (χ0v) is 12.7. The number of benzene rings is 1. The minimum Gasteiger partial charge on any atom is -0.490 e. The summed E-state index contributed by atoms with van der Waals surface area (Å²) in [4.78, 5) is 2.21. The van der Waals surface area contributed by atoms with Crippen molar-refractivity contribution in [2.75, 3.05) is 39.5 Å². The van der Waals surface area contributed by atoms with E-state index in [2.05, 4.69) is 24.0 Å².